The van der Waals surface area contributed by atoms with E-state index in [4.69, 9.17) is 14.9 Å². The minimum absolute atomic E-state index is 0.0554. The fraction of sp³-hybridized carbons (Fsp3) is 0.467. The molecule has 0 saturated carbocycles. The van der Waals surface area contributed by atoms with Crippen LogP contribution in [0.15, 0.2) is 22.6 Å². The fourth-order valence-electron chi connectivity index (χ4n) is 2.72. The summed E-state index contributed by atoms with van der Waals surface area (Å²) in [6.07, 6.45) is 1.02. The van der Waals surface area contributed by atoms with Crippen LogP contribution in [0.5, 0.6) is 0 Å². The molecule has 0 aliphatic carbocycles. The van der Waals surface area contributed by atoms with E-state index in [9.17, 15) is 0 Å². The summed E-state index contributed by atoms with van der Waals surface area (Å²) in [7, 11) is 0. The summed E-state index contributed by atoms with van der Waals surface area (Å²) in [4.78, 5) is 0. The van der Waals surface area contributed by atoms with Crippen molar-refractivity contribution < 1.29 is 9.15 Å². The van der Waals surface area contributed by atoms with E-state index in [-0.39, 0.29) is 6.04 Å². The van der Waals surface area contributed by atoms with E-state index in [2.05, 4.69) is 32.0 Å². The van der Waals surface area contributed by atoms with Crippen LogP contribution < -0.4 is 5.73 Å². The molecule has 1 saturated heterocycles. The SMILES string of the molecule is Cc1ccc2c(C)c(C(N)C3CCOC3)oc2c1. The second-order valence-electron chi connectivity index (χ2n) is 5.24. The zero-order chi connectivity index (χ0) is 12.7. The maximum absolute atomic E-state index is 6.33. The van der Waals surface area contributed by atoms with Crippen LogP contribution in [0.25, 0.3) is 11.0 Å². The van der Waals surface area contributed by atoms with Gasteiger partial charge in [-0.25, -0.2) is 0 Å². The second-order valence-corrected chi connectivity index (χ2v) is 5.24. The Labute approximate surface area is 107 Å². The quantitative estimate of drug-likeness (QED) is 0.884. The molecule has 1 fully saturated rings. The van der Waals surface area contributed by atoms with Gasteiger partial charge in [-0.1, -0.05) is 12.1 Å². The van der Waals surface area contributed by atoms with Gasteiger partial charge in [-0.15, -0.1) is 0 Å². The minimum atomic E-state index is -0.0554. The Kier molecular flexibility index (Phi) is 2.88. The third-order valence-corrected chi connectivity index (χ3v) is 3.91. The first-order valence-corrected chi connectivity index (χ1v) is 6.50. The number of furan rings is 1. The number of aryl methyl sites for hydroxylation is 2. The van der Waals surface area contributed by atoms with Gasteiger partial charge in [0.05, 0.1) is 12.6 Å². The van der Waals surface area contributed by atoms with E-state index in [0.717, 1.165) is 31.0 Å². The molecule has 2 N–H and O–H groups in total. The molecule has 2 heterocycles. The zero-order valence-electron chi connectivity index (χ0n) is 10.9. The van der Waals surface area contributed by atoms with Crippen LogP contribution >= 0.6 is 0 Å². The Morgan fingerprint density at radius 3 is 2.89 bits per heavy atom. The molecule has 2 aromatic rings. The van der Waals surface area contributed by atoms with Gasteiger partial charge in [0, 0.05) is 17.9 Å². The number of benzene rings is 1. The molecule has 0 spiro atoms. The van der Waals surface area contributed by atoms with Crippen molar-refractivity contribution >= 4 is 11.0 Å². The Balaban J connectivity index is 2.03. The van der Waals surface area contributed by atoms with Gasteiger partial charge in [0.25, 0.3) is 0 Å². The number of rotatable bonds is 2. The molecule has 3 nitrogen and oxygen atoms in total. The van der Waals surface area contributed by atoms with Crippen molar-refractivity contribution in [2.75, 3.05) is 13.2 Å². The van der Waals surface area contributed by atoms with Gasteiger partial charge >= 0.3 is 0 Å². The molecule has 96 valence electrons. The van der Waals surface area contributed by atoms with Crippen molar-refractivity contribution in [2.24, 2.45) is 11.7 Å². The lowest BCUT2D eigenvalue weighted by molar-refractivity contribution is 0.178. The van der Waals surface area contributed by atoms with Crippen LogP contribution in [0.2, 0.25) is 0 Å². The average molecular weight is 245 g/mol. The summed E-state index contributed by atoms with van der Waals surface area (Å²) in [5.41, 5.74) is 9.65. The van der Waals surface area contributed by atoms with E-state index in [1.807, 2.05) is 0 Å². The minimum Gasteiger partial charge on any atom is -0.459 e. The van der Waals surface area contributed by atoms with Gasteiger partial charge in [-0.2, -0.15) is 0 Å². The zero-order valence-corrected chi connectivity index (χ0v) is 10.9. The van der Waals surface area contributed by atoms with Crippen molar-refractivity contribution in [3.05, 3.63) is 35.1 Å². The second kappa shape index (κ2) is 4.41. The summed E-state index contributed by atoms with van der Waals surface area (Å²) in [6.45, 7) is 5.72. The number of nitrogens with two attached hydrogens (primary N) is 1. The predicted molar refractivity (Wildman–Crippen MR) is 71.5 cm³/mol. The largest absolute Gasteiger partial charge is 0.459 e. The van der Waals surface area contributed by atoms with Gasteiger partial charge in [-0.3, -0.25) is 0 Å². The molecule has 3 heteroatoms. The molecule has 0 bridgehead atoms. The molecule has 0 radical (unpaired) electrons. The number of hydrogen-bond acceptors (Lipinski definition) is 3. The first-order valence-electron chi connectivity index (χ1n) is 6.50. The van der Waals surface area contributed by atoms with Gasteiger partial charge in [0.1, 0.15) is 11.3 Å². The Morgan fingerprint density at radius 2 is 2.17 bits per heavy atom. The molecule has 1 aliphatic rings. The van der Waals surface area contributed by atoms with Gasteiger partial charge < -0.3 is 14.9 Å². The summed E-state index contributed by atoms with van der Waals surface area (Å²) < 4.78 is 11.4. The molecule has 1 aromatic heterocycles. The fourth-order valence-corrected chi connectivity index (χ4v) is 2.72. The van der Waals surface area contributed by atoms with Crippen molar-refractivity contribution in [2.45, 2.75) is 26.3 Å². The molecule has 18 heavy (non-hydrogen) atoms. The monoisotopic (exact) mass is 245 g/mol. The first kappa shape index (κ1) is 11.8. The summed E-state index contributed by atoms with van der Waals surface area (Å²) in [5.74, 6) is 1.30. The molecule has 1 aliphatic heterocycles. The third-order valence-electron chi connectivity index (χ3n) is 3.91. The Hall–Kier alpha value is -1.32. The number of ether oxygens (including phenoxy) is 1. The summed E-state index contributed by atoms with van der Waals surface area (Å²) >= 11 is 0. The molecular weight excluding hydrogens is 226 g/mol. The Bertz CT molecular complexity index is 567. The van der Waals surface area contributed by atoms with Gasteiger partial charge in [0.2, 0.25) is 0 Å². The van der Waals surface area contributed by atoms with Crippen molar-refractivity contribution in [1.82, 2.24) is 0 Å². The van der Waals surface area contributed by atoms with Gasteiger partial charge in [0.15, 0.2) is 0 Å². The van der Waals surface area contributed by atoms with Crippen LogP contribution in [0.4, 0.5) is 0 Å². The summed E-state index contributed by atoms with van der Waals surface area (Å²) in [6, 6.07) is 6.24. The standard InChI is InChI=1S/C15H19NO2/c1-9-3-4-12-10(2)15(18-13(12)7-9)14(16)11-5-6-17-8-11/h3-4,7,11,14H,5-6,8,16H2,1-2H3. The van der Waals surface area contributed by atoms with Crippen LogP contribution in [0.3, 0.4) is 0 Å². The first-order chi connectivity index (χ1) is 8.66. The molecule has 1 aromatic carbocycles. The molecule has 2 atom stereocenters. The summed E-state index contributed by atoms with van der Waals surface area (Å²) in [5, 5.41) is 1.17. The lowest BCUT2D eigenvalue weighted by atomic mass is 9.95. The highest BCUT2D eigenvalue weighted by Gasteiger charge is 2.28. The van der Waals surface area contributed by atoms with Gasteiger partial charge in [-0.05, 0) is 37.5 Å². The van der Waals surface area contributed by atoms with E-state index in [1.165, 1.54) is 16.5 Å². The lowest BCUT2D eigenvalue weighted by Crippen LogP contribution is -2.21. The van der Waals surface area contributed by atoms with Crippen molar-refractivity contribution in [3.8, 4) is 0 Å². The molecular formula is C15H19NO2. The van der Waals surface area contributed by atoms with Crippen LogP contribution in [-0.2, 0) is 4.74 Å². The molecule has 2 unspecified atom stereocenters. The highest BCUT2D eigenvalue weighted by atomic mass is 16.5. The third kappa shape index (κ3) is 1.84. The molecule has 3 rings (SSSR count). The van der Waals surface area contributed by atoms with Crippen LogP contribution in [0.1, 0.15) is 29.3 Å². The van der Waals surface area contributed by atoms with E-state index in [0.29, 0.717) is 5.92 Å². The lowest BCUT2D eigenvalue weighted by Gasteiger charge is -2.15. The topological polar surface area (TPSA) is 48.4 Å². The van der Waals surface area contributed by atoms with E-state index < -0.39 is 0 Å². The highest BCUT2D eigenvalue weighted by molar-refractivity contribution is 5.82. The van der Waals surface area contributed by atoms with E-state index in [1.54, 1.807) is 0 Å². The van der Waals surface area contributed by atoms with Crippen LogP contribution in [-0.4, -0.2) is 13.2 Å². The normalized spacial score (nSPS) is 21.6. The van der Waals surface area contributed by atoms with Crippen LogP contribution in [0, 0.1) is 19.8 Å². The van der Waals surface area contributed by atoms with E-state index >= 15 is 0 Å². The Morgan fingerprint density at radius 1 is 1.33 bits per heavy atom. The highest BCUT2D eigenvalue weighted by Crippen LogP contribution is 2.34. The smallest absolute Gasteiger partial charge is 0.134 e. The number of hydrogen-bond donors (Lipinski definition) is 1. The average Bonchev–Trinajstić information content (AvgIpc) is 2.97. The maximum atomic E-state index is 6.33. The number of fused-ring (bicyclic) bond motifs is 1. The van der Waals surface area contributed by atoms with Crippen molar-refractivity contribution in [3.63, 3.8) is 0 Å². The predicted octanol–water partition coefficient (Wildman–Crippen LogP) is 3.09. The maximum Gasteiger partial charge on any atom is 0.134 e. The van der Waals surface area contributed by atoms with Crippen molar-refractivity contribution in [1.29, 1.82) is 0 Å². The molecule has 0 amide bonds.